The largest absolute Gasteiger partial charge is 0.339 e. The van der Waals surface area contributed by atoms with Gasteiger partial charge in [-0.1, -0.05) is 43.2 Å². The number of hydrogen-bond acceptors (Lipinski definition) is 3. The zero-order valence-electron chi connectivity index (χ0n) is 15.5. The molecule has 0 aromatic heterocycles. The van der Waals surface area contributed by atoms with Crippen LogP contribution in [0.1, 0.15) is 57.1 Å². The molecule has 6 nitrogen and oxygen atoms in total. The van der Waals surface area contributed by atoms with E-state index in [1.54, 1.807) is 11.9 Å². The molecule has 1 aliphatic heterocycles. The van der Waals surface area contributed by atoms with Crippen LogP contribution in [0.4, 0.5) is 4.79 Å². The van der Waals surface area contributed by atoms with Gasteiger partial charge >= 0.3 is 6.03 Å². The van der Waals surface area contributed by atoms with Crippen LogP contribution >= 0.6 is 0 Å². The molecule has 0 bridgehead atoms. The fraction of sp³-hybridized carbons (Fsp3) is 0.550. The quantitative estimate of drug-likeness (QED) is 0.796. The van der Waals surface area contributed by atoms with Crippen LogP contribution in [-0.4, -0.2) is 46.8 Å². The summed E-state index contributed by atoms with van der Waals surface area (Å²) < 4.78 is 0. The minimum Gasteiger partial charge on any atom is -0.339 e. The Hall–Kier alpha value is -2.37. The van der Waals surface area contributed by atoms with Gasteiger partial charge in [-0.2, -0.15) is 0 Å². The first kappa shape index (κ1) is 18.4. The number of carbonyl (C=O) groups is 3. The Morgan fingerprint density at radius 2 is 1.88 bits per heavy atom. The predicted molar refractivity (Wildman–Crippen MR) is 98.3 cm³/mol. The van der Waals surface area contributed by atoms with Gasteiger partial charge in [-0.3, -0.25) is 14.5 Å². The van der Waals surface area contributed by atoms with Crippen molar-refractivity contribution in [1.29, 1.82) is 0 Å². The van der Waals surface area contributed by atoms with Gasteiger partial charge in [-0.15, -0.1) is 0 Å². The standard InChI is InChI=1S/C20H27N3O3/c1-15(16-9-4-3-5-10-16)22(2)17(24)11-8-14-23-18(25)20(21-19(23)26)12-6-7-13-20/h3-5,9-10,15H,6-8,11-14H2,1-2H3,(H,21,26)/t15-/m1/s1. The molecule has 0 radical (unpaired) electrons. The molecular weight excluding hydrogens is 330 g/mol. The van der Waals surface area contributed by atoms with E-state index in [-0.39, 0.29) is 23.9 Å². The topological polar surface area (TPSA) is 69.7 Å². The van der Waals surface area contributed by atoms with Crippen LogP contribution in [0.2, 0.25) is 0 Å². The fourth-order valence-corrected chi connectivity index (χ4v) is 3.93. The van der Waals surface area contributed by atoms with Crippen molar-refractivity contribution in [3.8, 4) is 0 Å². The van der Waals surface area contributed by atoms with E-state index in [2.05, 4.69) is 5.32 Å². The summed E-state index contributed by atoms with van der Waals surface area (Å²) in [6.07, 6.45) is 4.20. The van der Waals surface area contributed by atoms with Crippen LogP contribution in [-0.2, 0) is 9.59 Å². The smallest absolute Gasteiger partial charge is 0.325 e. The van der Waals surface area contributed by atoms with Crippen molar-refractivity contribution in [2.75, 3.05) is 13.6 Å². The highest BCUT2D eigenvalue weighted by atomic mass is 16.2. The molecule has 1 saturated carbocycles. The number of hydrogen-bond donors (Lipinski definition) is 1. The molecule has 6 heteroatoms. The molecular formula is C20H27N3O3. The van der Waals surface area contributed by atoms with Crippen LogP contribution in [0, 0.1) is 0 Å². The van der Waals surface area contributed by atoms with Crippen LogP contribution < -0.4 is 5.32 Å². The Balaban J connectivity index is 1.51. The van der Waals surface area contributed by atoms with Crippen molar-refractivity contribution in [3.05, 3.63) is 35.9 Å². The molecule has 1 aliphatic carbocycles. The van der Waals surface area contributed by atoms with Crippen molar-refractivity contribution in [2.45, 2.75) is 57.0 Å². The first-order chi connectivity index (χ1) is 12.4. The first-order valence-corrected chi connectivity index (χ1v) is 9.39. The lowest BCUT2D eigenvalue weighted by molar-refractivity contribution is -0.133. The average Bonchev–Trinajstić information content (AvgIpc) is 3.21. The maximum atomic E-state index is 12.6. The van der Waals surface area contributed by atoms with Crippen molar-refractivity contribution in [3.63, 3.8) is 0 Å². The Bertz CT molecular complexity index is 683. The van der Waals surface area contributed by atoms with Gasteiger partial charge in [0.2, 0.25) is 5.91 Å². The van der Waals surface area contributed by atoms with Gasteiger partial charge in [-0.05, 0) is 31.7 Å². The number of amides is 4. The molecule has 26 heavy (non-hydrogen) atoms. The van der Waals surface area contributed by atoms with E-state index in [0.717, 1.165) is 31.2 Å². The number of benzene rings is 1. The SMILES string of the molecule is C[C@H](c1ccccc1)N(C)C(=O)CCCN1C(=O)NC2(CCCC2)C1=O. The first-order valence-electron chi connectivity index (χ1n) is 9.39. The molecule has 2 fully saturated rings. The molecule has 0 unspecified atom stereocenters. The van der Waals surface area contributed by atoms with Gasteiger partial charge in [-0.25, -0.2) is 4.79 Å². The number of nitrogens with one attached hydrogen (secondary N) is 1. The van der Waals surface area contributed by atoms with Gasteiger partial charge < -0.3 is 10.2 Å². The van der Waals surface area contributed by atoms with Crippen LogP contribution in [0.25, 0.3) is 0 Å². The summed E-state index contributed by atoms with van der Waals surface area (Å²) in [5.41, 5.74) is 0.417. The van der Waals surface area contributed by atoms with Gasteiger partial charge in [0, 0.05) is 20.0 Å². The van der Waals surface area contributed by atoms with Crippen LogP contribution in [0.5, 0.6) is 0 Å². The molecule has 1 aromatic carbocycles. The lowest BCUT2D eigenvalue weighted by Crippen LogP contribution is -2.44. The van der Waals surface area contributed by atoms with E-state index in [9.17, 15) is 14.4 Å². The second kappa shape index (κ2) is 7.48. The Morgan fingerprint density at radius 1 is 1.23 bits per heavy atom. The second-order valence-corrected chi connectivity index (χ2v) is 7.37. The lowest BCUT2D eigenvalue weighted by atomic mass is 9.98. The highest BCUT2D eigenvalue weighted by molar-refractivity contribution is 6.07. The highest BCUT2D eigenvalue weighted by Crippen LogP contribution is 2.35. The Morgan fingerprint density at radius 3 is 2.54 bits per heavy atom. The number of nitrogens with zero attached hydrogens (tertiary/aromatic N) is 2. The summed E-state index contributed by atoms with van der Waals surface area (Å²) in [5, 5.41) is 2.87. The number of rotatable bonds is 6. The minimum absolute atomic E-state index is 0.0119. The zero-order chi connectivity index (χ0) is 18.7. The van der Waals surface area contributed by atoms with Crippen LogP contribution in [0.3, 0.4) is 0 Å². The normalized spacial score (nSPS) is 19.7. The average molecular weight is 357 g/mol. The van der Waals surface area contributed by atoms with Crippen molar-refractivity contribution >= 4 is 17.8 Å². The van der Waals surface area contributed by atoms with E-state index in [4.69, 9.17) is 0 Å². The van der Waals surface area contributed by atoms with E-state index < -0.39 is 5.54 Å². The molecule has 140 valence electrons. The second-order valence-electron chi connectivity index (χ2n) is 7.37. The van der Waals surface area contributed by atoms with E-state index in [0.29, 0.717) is 19.4 Å². The zero-order valence-corrected chi connectivity index (χ0v) is 15.5. The molecule has 1 atom stereocenters. The van der Waals surface area contributed by atoms with Crippen molar-refractivity contribution in [2.24, 2.45) is 0 Å². The minimum atomic E-state index is -0.667. The van der Waals surface area contributed by atoms with E-state index in [1.165, 1.54) is 4.90 Å². The summed E-state index contributed by atoms with van der Waals surface area (Å²) in [5.74, 6) is -0.0950. The monoisotopic (exact) mass is 357 g/mol. The third kappa shape index (κ3) is 3.45. The fourth-order valence-electron chi connectivity index (χ4n) is 3.93. The lowest BCUT2D eigenvalue weighted by Gasteiger charge is -2.26. The maximum Gasteiger partial charge on any atom is 0.325 e. The maximum absolute atomic E-state index is 12.6. The third-order valence-electron chi connectivity index (χ3n) is 5.73. The molecule has 2 aliphatic rings. The molecule has 1 N–H and O–H groups in total. The van der Waals surface area contributed by atoms with Gasteiger partial charge in [0.1, 0.15) is 5.54 Å². The molecule has 4 amide bonds. The van der Waals surface area contributed by atoms with Crippen molar-refractivity contribution in [1.82, 2.24) is 15.1 Å². The van der Waals surface area contributed by atoms with Crippen LogP contribution in [0.15, 0.2) is 30.3 Å². The Labute approximate surface area is 154 Å². The predicted octanol–water partition coefficient (Wildman–Crippen LogP) is 2.85. The number of carbonyl (C=O) groups excluding carboxylic acids is 3. The van der Waals surface area contributed by atoms with E-state index in [1.807, 2.05) is 37.3 Å². The molecule has 3 rings (SSSR count). The summed E-state index contributed by atoms with van der Waals surface area (Å²) in [4.78, 5) is 40.2. The summed E-state index contributed by atoms with van der Waals surface area (Å²) in [7, 11) is 1.79. The number of imide groups is 1. The highest BCUT2D eigenvalue weighted by Gasteiger charge is 2.52. The third-order valence-corrected chi connectivity index (χ3v) is 5.73. The summed E-state index contributed by atoms with van der Waals surface area (Å²) in [6, 6.07) is 9.55. The van der Waals surface area contributed by atoms with Gasteiger partial charge in [0.15, 0.2) is 0 Å². The summed E-state index contributed by atoms with van der Waals surface area (Å²) >= 11 is 0. The molecule has 1 saturated heterocycles. The molecule has 1 heterocycles. The Kier molecular flexibility index (Phi) is 5.30. The molecule has 1 spiro atoms. The molecule has 1 aromatic rings. The van der Waals surface area contributed by atoms with E-state index >= 15 is 0 Å². The van der Waals surface area contributed by atoms with Crippen molar-refractivity contribution < 1.29 is 14.4 Å². The van der Waals surface area contributed by atoms with Gasteiger partial charge in [0.25, 0.3) is 5.91 Å². The number of urea groups is 1. The summed E-state index contributed by atoms with van der Waals surface area (Å²) in [6.45, 7) is 2.29. The van der Waals surface area contributed by atoms with Gasteiger partial charge in [0.05, 0.1) is 6.04 Å².